The van der Waals surface area contributed by atoms with Crippen molar-refractivity contribution in [1.82, 2.24) is 0 Å². The van der Waals surface area contributed by atoms with Crippen LogP contribution in [0.4, 0.5) is 4.79 Å². The second kappa shape index (κ2) is 6.49. The SMILES string of the molecule is CC(C)(C)[Si](C)(C)Oc1ccc(CCO)c(OC(N)=O)c1. The molecule has 0 fully saturated rings. The Morgan fingerprint density at radius 1 is 1.33 bits per heavy atom. The fourth-order valence-corrected chi connectivity index (χ4v) is 2.60. The summed E-state index contributed by atoms with van der Waals surface area (Å²) in [6, 6.07) is 5.28. The maximum Gasteiger partial charge on any atom is 0.409 e. The number of hydrogen-bond donors (Lipinski definition) is 2. The Kier molecular flexibility index (Phi) is 5.41. The molecule has 3 N–H and O–H groups in total. The normalized spacial score (nSPS) is 12.1. The van der Waals surface area contributed by atoms with E-state index in [2.05, 4.69) is 33.9 Å². The van der Waals surface area contributed by atoms with Crippen molar-refractivity contribution >= 4 is 14.4 Å². The molecule has 0 unspecified atom stereocenters. The summed E-state index contributed by atoms with van der Waals surface area (Å²) < 4.78 is 11.2. The number of carbonyl (C=O) groups excluding carboxylic acids is 1. The number of carbonyl (C=O) groups is 1. The van der Waals surface area contributed by atoms with Gasteiger partial charge in [0.2, 0.25) is 8.32 Å². The van der Waals surface area contributed by atoms with Gasteiger partial charge >= 0.3 is 6.09 Å². The fourth-order valence-electron chi connectivity index (χ4n) is 1.58. The van der Waals surface area contributed by atoms with E-state index in [0.29, 0.717) is 17.9 Å². The van der Waals surface area contributed by atoms with Crippen LogP contribution >= 0.6 is 0 Å². The Morgan fingerprint density at radius 3 is 2.43 bits per heavy atom. The molecule has 0 radical (unpaired) electrons. The molecule has 0 aromatic heterocycles. The third-order valence-corrected chi connectivity index (χ3v) is 8.17. The number of aliphatic hydroxyl groups is 1. The summed E-state index contributed by atoms with van der Waals surface area (Å²) >= 11 is 0. The molecule has 0 bridgehead atoms. The van der Waals surface area contributed by atoms with Gasteiger partial charge in [-0.2, -0.15) is 0 Å². The van der Waals surface area contributed by atoms with E-state index in [9.17, 15) is 4.79 Å². The van der Waals surface area contributed by atoms with Gasteiger partial charge in [-0.15, -0.1) is 0 Å². The lowest BCUT2D eigenvalue weighted by atomic mass is 10.1. The predicted molar refractivity (Wildman–Crippen MR) is 85.3 cm³/mol. The zero-order valence-electron chi connectivity index (χ0n) is 13.4. The molecule has 6 heteroatoms. The number of rotatable bonds is 5. The monoisotopic (exact) mass is 311 g/mol. The second-order valence-electron chi connectivity index (χ2n) is 6.53. The smallest absolute Gasteiger partial charge is 0.409 e. The number of benzene rings is 1. The van der Waals surface area contributed by atoms with Crippen LogP contribution in [0.1, 0.15) is 26.3 Å². The topological polar surface area (TPSA) is 81.8 Å². The van der Waals surface area contributed by atoms with Gasteiger partial charge in [0, 0.05) is 12.7 Å². The molecular formula is C15H25NO4Si. The largest absolute Gasteiger partial charge is 0.543 e. The molecule has 0 heterocycles. The zero-order valence-corrected chi connectivity index (χ0v) is 14.4. The van der Waals surface area contributed by atoms with Gasteiger partial charge in [-0.25, -0.2) is 4.79 Å². The van der Waals surface area contributed by atoms with Gasteiger partial charge in [0.15, 0.2) is 0 Å². The van der Waals surface area contributed by atoms with Gasteiger partial charge in [-0.3, -0.25) is 0 Å². The molecule has 0 atom stereocenters. The van der Waals surface area contributed by atoms with E-state index in [4.69, 9.17) is 20.0 Å². The summed E-state index contributed by atoms with van der Waals surface area (Å²) in [5, 5.41) is 9.12. The van der Waals surface area contributed by atoms with Crippen LogP contribution in [-0.2, 0) is 6.42 Å². The van der Waals surface area contributed by atoms with Crippen LogP contribution in [-0.4, -0.2) is 26.1 Å². The number of ether oxygens (including phenoxy) is 1. The first-order valence-corrected chi connectivity index (χ1v) is 9.88. The van der Waals surface area contributed by atoms with Crippen LogP contribution < -0.4 is 14.9 Å². The van der Waals surface area contributed by atoms with Gasteiger partial charge in [0.1, 0.15) is 11.5 Å². The van der Waals surface area contributed by atoms with Crippen molar-refractivity contribution in [3.05, 3.63) is 23.8 Å². The summed E-state index contributed by atoms with van der Waals surface area (Å²) in [4.78, 5) is 11.0. The second-order valence-corrected chi connectivity index (χ2v) is 11.3. The van der Waals surface area contributed by atoms with Crippen molar-refractivity contribution in [2.75, 3.05) is 6.61 Å². The lowest BCUT2D eigenvalue weighted by Crippen LogP contribution is -2.43. The molecule has 1 rings (SSSR count). The van der Waals surface area contributed by atoms with Crippen molar-refractivity contribution in [1.29, 1.82) is 0 Å². The third kappa shape index (κ3) is 4.75. The zero-order chi connectivity index (χ0) is 16.3. The maximum absolute atomic E-state index is 11.0. The van der Waals surface area contributed by atoms with E-state index in [1.54, 1.807) is 12.1 Å². The Hall–Kier alpha value is -1.53. The van der Waals surface area contributed by atoms with E-state index < -0.39 is 14.4 Å². The van der Waals surface area contributed by atoms with E-state index in [0.717, 1.165) is 5.56 Å². The average molecular weight is 311 g/mol. The summed E-state index contributed by atoms with van der Waals surface area (Å²) in [6.07, 6.45) is -0.484. The molecule has 1 aromatic carbocycles. The molecule has 0 saturated carbocycles. The Labute approximate surface area is 127 Å². The van der Waals surface area contributed by atoms with Crippen LogP contribution in [0.25, 0.3) is 0 Å². The van der Waals surface area contributed by atoms with E-state index >= 15 is 0 Å². The van der Waals surface area contributed by atoms with Crippen LogP contribution in [0.3, 0.4) is 0 Å². The van der Waals surface area contributed by atoms with Crippen molar-refractivity contribution in [3.63, 3.8) is 0 Å². The van der Waals surface area contributed by atoms with Crippen LogP contribution in [0, 0.1) is 0 Å². The van der Waals surface area contributed by atoms with Crippen LogP contribution in [0.2, 0.25) is 18.1 Å². The van der Waals surface area contributed by atoms with Crippen molar-refractivity contribution < 1.29 is 19.1 Å². The van der Waals surface area contributed by atoms with Crippen molar-refractivity contribution in [2.24, 2.45) is 5.73 Å². The van der Waals surface area contributed by atoms with E-state index in [1.165, 1.54) is 0 Å². The number of hydrogen-bond acceptors (Lipinski definition) is 4. The van der Waals surface area contributed by atoms with Gasteiger partial charge in [0.05, 0.1) is 0 Å². The minimum absolute atomic E-state index is 0.0302. The van der Waals surface area contributed by atoms with Gasteiger partial charge in [0.25, 0.3) is 0 Å². The van der Waals surface area contributed by atoms with E-state index in [-0.39, 0.29) is 11.6 Å². The molecular weight excluding hydrogens is 286 g/mol. The first-order chi connectivity index (χ1) is 9.56. The molecule has 21 heavy (non-hydrogen) atoms. The summed E-state index contributed by atoms with van der Waals surface area (Å²) in [7, 11) is -1.97. The standard InChI is InChI=1S/C15H25NO4Si/c1-15(2,3)21(4,5)20-12-7-6-11(8-9-17)13(10-12)19-14(16)18/h6-7,10,17H,8-9H2,1-5H3,(H2,16,18). The number of aliphatic hydroxyl groups excluding tert-OH is 1. The summed E-state index contributed by atoms with van der Waals surface area (Å²) in [6.45, 7) is 10.7. The van der Waals surface area contributed by atoms with Gasteiger partial charge < -0.3 is 20.0 Å². The third-order valence-electron chi connectivity index (χ3n) is 3.81. The Morgan fingerprint density at radius 2 is 1.95 bits per heavy atom. The Bertz CT molecular complexity index is 509. The van der Waals surface area contributed by atoms with Gasteiger partial charge in [-0.05, 0) is 36.2 Å². The highest BCUT2D eigenvalue weighted by molar-refractivity contribution is 6.74. The molecule has 0 spiro atoms. The molecule has 0 aliphatic rings. The van der Waals surface area contributed by atoms with Gasteiger partial charge in [-0.1, -0.05) is 26.8 Å². The lowest BCUT2D eigenvalue weighted by Gasteiger charge is -2.36. The van der Waals surface area contributed by atoms with E-state index in [1.807, 2.05) is 6.07 Å². The minimum Gasteiger partial charge on any atom is -0.543 e. The first-order valence-electron chi connectivity index (χ1n) is 6.97. The van der Waals surface area contributed by atoms with Crippen molar-refractivity contribution in [3.8, 4) is 11.5 Å². The average Bonchev–Trinajstić information content (AvgIpc) is 2.30. The van der Waals surface area contributed by atoms with Crippen LogP contribution in [0.5, 0.6) is 11.5 Å². The fraction of sp³-hybridized carbons (Fsp3) is 0.533. The molecule has 0 aliphatic carbocycles. The van der Waals surface area contributed by atoms with Crippen LogP contribution in [0.15, 0.2) is 18.2 Å². The minimum atomic E-state index is -1.97. The highest BCUT2D eigenvalue weighted by Gasteiger charge is 2.39. The molecule has 118 valence electrons. The maximum atomic E-state index is 11.0. The van der Waals surface area contributed by atoms with Crippen molar-refractivity contribution in [2.45, 2.75) is 45.3 Å². The predicted octanol–water partition coefficient (Wildman–Crippen LogP) is 3.06. The number of nitrogens with two attached hydrogens (primary N) is 1. The molecule has 1 amide bonds. The highest BCUT2D eigenvalue weighted by Crippen LogP contribution is 2.38. The molecule has 1 aromatic rings. The molecule has 5 nitrogen and oxygen atoms in total. The first kappa shape index (κ1) is 17.5. The highest BCUT2D eigenvalue weighted by atomic mass is 28.4. The quantitative estimate of drug-likeness (QED) is 0.819. The Balaban J connectivity index is 3.07. The summed E-state index contributed by atoms with van der Waals surface area (Å²) in [5.41, 5.74) is 5.80. The summed E-state index contributed by atoms with van der Waals surface area (Å²) in [5.74, 6) is 0.993. The molecule has 0 aliphatic heterocycles. The number of amides is 1. The lowest BCUT2D eigenvalue weighted by molar-refractivity contribution is 0.210. The number of primary amides is 1. The molecule has 0 saturated heterocycles.